The maximum absolute atomic E-state index is 11.6. The molecule has 1 aromatic rings. The molecule has 0 atom stereocenters. The van der Waals surface area contributed by atoms with Crippen LogP contribution in [-0.2, 0) is 32.2 Å². The number of rotatable bonds is 10. The predicted molar refractivity (Wildman–Crippen MR) is 93.4 cm³/mol. The van der Waals surface area contributed by atoms with Gasteiger partial charge in [0.05, 0.1) is 32.3 Å². The maximum Gasteiger partial charge on any atom is 0.307 e. The van der Waals surface area contributed by atoms with E-state index in [1.165, 1.54) is 16.8 Å². The first kappa shape index (κ1) is 20.5. The first-order chi connectivity index (χ1) is 11.8. The monoisotopic (exact) mass is 352 g/mol. The number of nitrogens with zero attached hydrogens (tertiary/aromatic N) is 3. The molecule has 140 valence electrons. The molecule has 0 fully saturated rings. The zero-order valence-corrected chi connectivity index (χ0v) is 15.2. The van der Waals surface area contributed by atoms with Gasteiger partial charge in [0.1, 0.15) is 5.69 Å². The quantitative estimate of drug-likeness (QED) is 0.506. The molecule has 8 nitrogen and oxygen atoms in total. The van der Waals surface area contributed by atoms with Crippen molar-refractivity contribution in [1.29, 1.82) is 0 Å². The molecule has 0 radical (unpaired) electrons. The highest BCUT2D eigenvalue weighted by Gasteiger charge is 2.08. The molecule has 0 bridgehead atoms. The summed E-state index contributed by atoms with van der Waals surface area (Å²) in [5, 5.41) is 10.4. The van der Waals surface area contributed by atoms with Gasteiger partial charge in [0.2, 0.25) is 5.91 Å². The van der Waals surface area contributed by atoms with Crippen molar-refractivity contribution in [2.75, 3.05) is 6.61 Å². The van der Waals surface area contributed by atoms with Crippen LogP contribution in [0.25, 0.3) is 0 Å². The van der Waals surface area contributed by atoms with Crippen LogP contribution in [0.4, 0.5) is 0 Å². The van der Waals surface area contributed by atoms with Crippen LogP contribution in [0.3, 0.4) is 0 Å². The highest BCUT2D eigenvalue weighted by atomic mass is 16.5. The van der Waals surface area contributed by atoms with E-state index in [0.717, 1.165) is 0 Å². The molecular formula is C17H28N4O4. The zero-order chi connectivity index (χ0) is 18.8. The Morgan fingerprint density at radius 1 is 1.28 bits per heavy atom. The van der Waals surface area contributed by atoms with Gasteiger partial charge in [0.25, 0.3) is 0 Å². The molecule has 8 heteroatoms. The van der Waals surface area contributed by atoms with E-state index in [1.807, 2.05) is 13.8 Å². The number of carbonyl (C=O) groups is 3. The lowest BCUT2D eigenvalue weighted by Crippen LogP contribution is -2.21. The number of ether oxygens (including phenoxy) is 1. The molecule has 0 aliphatic rings. The van der Waals surface area contributed by atoms with E-state index >= 15 is 0 Å². The Balaban J connectivity index is 0.00000625. The Morgan fingerprint density at radius 2 is 2.00 bits per heavy atom. The molecule has 0 spiro atoms. The first-order valence-corrected chi connectivity index (χ1v) is 8.32. The van der Waals surface area contributed by atoms with E-state index in [9.17, 15) is 14.4 Å². The molecule has 0 aliphatic carbocycles. The molecule has 1 amide bonds. The van der Waals surface area contributed by atoms with Crippen molar-refractivity contribution in [3.05, 3.63) is 24.0 Å². The summed E-state index contributed by atoms with van der Waals surface area (Å²) in [6.45, 7) is 8.43. The van der Waals surface area contributed by atoms with Gasteiger partial charge in [0.15, 0.2) is 5.78 Å². The Kier molecular flexibility index (Phi) is 8.52. The number of amides is 1. The minimum Gasteiger partial charge on any atom is -0.465 e. The molecule has 1 rings (SSSR count). The van der Waals surface area contributed by atoms with Crippen LogP contribution in [0.1, 0.15) is 41.2 Å². The van der Waals surface area contributed by atoms with Gasteiger partial charge in [0, 0.05) is 13.4 Å². The second kappa shape index (κ2) is 10.4. The molecule has 1 heterocycles. The third-order valence-corrected chi connectivity index (χ3v) is 3.12. The Hall–Kier alpha value is -2.51. The second-order valence-electron chi connectivity index (χ2n) is 6.41. The van der Waals surface area contributed by atoms with Crippen molar-refractivity contribution in [2.24, 2.45) is 11.8 Å². The van der Waals surface area contributed by atoms with E-state index in [2.05, 4.69) is 15.6 Å². The average Bonchev–Trinajstić information content (AvgIpc) is 3.01. The number of nitrogens with one attached hydrogen (secondary N) is 1. The number of hydrogen-bond acceptors (Lipinski definition) is 6. The van der Waals surface area contributed by atoms with Crippen LogP contribution in [0, 0.1) is 11.8 Å². The number of ketones is 1. The number of carbonyl (C=O) groups excluding carboxylic acids is 3. The molecule has 0 unspecified atom stereocenters. The zero-order valence-electron chi connectivity index (χ0n) is 15.2. The average molecular weight is 352 g/mol. The van der Waals surface area contributed by atoms with Crippen molar-refractivity contribution in [2.45, 2.75) is 47.2 Å². The van der Waals surface area contributed by atoms with Crippen LogP contribution in [0.15, 0.2) is 18.3 Å². The van der Waals surface area contributed by atoms with Crippen LogP contribution in [0.5, 0.6) is 0 Å². The van der Waals surface area contributed by atoms with Gasteiger partial charge in [-0.25, -0.2) is 0 Å². The highest BCUT2D eigenvalue weighted by molar-refractivity contribution is 5.98. The Bertz CT molecular complexity index is 626. The van der Waals surface area contributed by atoms with Gasteiger partial charge in [-0.3, -0.25) is 19.1 Å². The molecule has 25 heavy (non-hydrogen) atoms. The summed E-state index contributed by atoms with van der Waals surface area (Å²) in [6.07, 6.45) is 4.33. The van der Waals surface area contributed by atoms with E-state index in [4.69, 9.17) is 4.74 Å². The highest BCUT2D eigenvalue weighted by Crippen LogP contribution is 1.99. The summed E-state index contributed by atoms with van der Waals surface area (Å²) >= 11 is 0. The predicted octanol–water partition coefficient (Wildman–Crippen LogP) is 1.51. The van der Waals surface area contributed by atoms with Gasteiger partial charge in [-0.05, 0) is 12.0 Å². The fourth-order valence-corrected chi connectivity index (χ4v) is 1.65. The second-order valence-corrected chi connectivity index (χ2v) is 6.41. The van der Waals surface area contributed by atoms with Crippen molar-refractivity contribution in [1.82, 2.24) is 20.3 Å². The largest absolute Gasteiger partial charge is 0.465 e. The van der Waals surface area contributed by atoms with Crippen molar-refractivity contribution < 1.29 is 20.5 Å². The maximum atomic E-state index is 11.6. The summed E-state index contributed by atoms with van der Waals surface area (Å²) in [6, 6.07) is 0. The molecule has 0 saturated heterocycles. The third kappa shape index (κ3) is 8.78. The van der Waals surface area contributed by atoms with Gasteiger partial charge < -0.3 is 10.1 Å². The summed E-state index contributed by atoms with van der Waals surface area (Å²) in [5.74, 6) is -0.600. The smallest absolute Gasteiger partial charge is 0.307 e. The van der Waals surface area contributed by atoms with E-state index < -0.39 is 0 Å². The molecule has 1 N–H and O–H groups in total. The van der Waals surface area contributed by atoms with E-state index in [0.29, 0.717) is 24.8 Å². The first-order valence-electron chi connectivity index (χ1n) is 8.32. The van der Waals surface area contributed by atoms with Gasteiger partial charge >= 0.3 is 5.97 Å². The fraction of sp³-hybridized carbons (Fsp3) is 0.588. The molecular weight excluding hydrogens is 324 g/mol. The minimum atomic E-state index is -0.374. The van der Waals surface area contributed by atoms with Crippen molar-refractivity contribution in [3.63, 3.8) is 0 Å². The minimum absolute atomic E-state index is 0. The molecule has 0 aliphatic heterocycles. The SMILES string of the molecule is CC(C)COC(=O)CCn1cc(CNC(=O)/C=C/C(=O)C(C)C)nn1.[HH]. The standard InChI is InChI=1S/C17H26N4O4.H2/c1-12(2)11-25-17(24)7-8-21-10-14(19-20-21)9-18-16(23)6-5-15(22)13(3)4;/h5-6,10,12-13H,7-9,11H2,1-4H3,(H,18,23);1H/b6-5+;. The molecule has 1 aromatic heterocycles. The van der Waals surface area contributed by atoms with Gasteiger partial charge in [-0.15, -0.1) is 5.10 Å². The summed E-state index contributed by atoms with van der Waals surface area (Å²) in [5.41, 5.74) is 0.562. The van der Waals surface area contributed by atoms with Gasteiger partial charge in [-0.1, -0.05) is 32.9 Å². The van der Waals surface area contributed by atoms with E-state index in [-0.39, 0.29) is 38.0 Å². The third-order valence-electron chi connectivity index (χ3n) is 3.12. The number of hydrogen-bond donors (Lipinski definition) is 1. The van der Waals surface area contributed by atoms with Gasteiger partial charge in [-0.2, -0.15) is 0 Å². The number of aryl methyl sites for hydroxylation is 1. The lowest BCUT2D eigenvalue weighted by atomic mass is 10.1. The molecule has 0 aromatic carbocycles. The number of aromatic nitrogens is 3. The summed E-state index contributed by atoms with van der Waals surface area (Å²) in [7, 11) is 0. The van der Waals surface area contributed by atoms with E-state index in [1.54, 1.807) is 20.0 Å². The van der Waals surface area contributed by atoms with Crippen LogP contribution in [0.2, 0.25) is 0 Å². The summed E-state index contributed by atoms with van der Waals surface area (Å²) in [4.78, 5) is 34.6. The van der Waals surface area contributed by atoms with Crippen LogP contribution >= 0.6 is 0 Å². The topological polar surface area (TPSA) is 103 Å². The Labute approximate surface area is 149 Å². The molecule has 0 saturated carbocycles. The van der Waals surface area contributed by atoms with Crippen LogP contribution in [-0.4, -0.2) is 39.3 Å². The summed E-state index contributed by atoms with van der Waals surface area (Å²) < 4.78 is 6.61. The van der Waals surface area contributed by atoms with Crippen molar-refractivity contribution in [3.8, 4) is 0 Å². The fourth-order valence-electron chi connectivity index (χ4n) is 1.65. The lowest BCUT2D eigenvalue weighted by Gasteiger charge is -2.06. The number of esters is 1. The lowest BCUT2D eigenvalue weighted by molar-refractivity contribution is -0.145. The number of allylic oxidation sites excluding steroid dienone is 1. The van der Waals surface area contributed by atoms with Crippen LogP contribution < -0.4 is 5.32 Å². The normalized spacial score (nSPS) is 11.3. The Morgan fingerprint density at radius 3 is 2.64 bits per heavy atom. The van der Waals surface area contributed by atoms with Crippen molar-refractivity contribution >= 4 is 17.7 Å².